The molecule has 4 rings (SSSR count). The number of nitriles is 1. The Morgan fingerprint density at radius 2 is 1.82 bits per heavy atom. The van der Waals surface area contributed by atoms with Crippen molar-refractivity contribution in [2.45, 2.75) is 26.2 Å². The number of nitrogens with one attached hydrogen (secondary N) is 1. The molecule has 4 nitrogen and oxygen atoms in total. The van der Waals surface area contributed by atoms with E-state index in [4.69, 9.17) is 10.2 Å². The van der Waals surface area contributed by atoms with E-state index >= 15 is 0 Å². The number of nitrogens with zero attached hydrogens (tertiary/aromatic N) is 3. The number of aryl methyl sites for hydroxylation is 2. The fourth-order valence-electron chi connectivity index (χ4n) is 3.70. The van der Waals surface area contributed by atoms with Crippen molar-refractivity contribution >= 4 is 0 Å². The van der Waals surface area contributed by atoms with E-state index in [-0.39, 0.29) is 0 Å². The summed E-state index contributed by atoms with van der Waals surface area (Å²) >= 11 is 0. The maximum atomic E-state index is 9.09. The predicted molar refractivity (Wildman–Crippen MR) is 112 cm³/mol. The van der Waals surface area contributed by atoms with Crippen molar-refractivity contribution in [3.8, 4) is 28.5 Å². The van der Waals surface area contributed by atoms with Crippen LogP contribution in [0.1, 0.15) is 29.8 Å². The molecule has 2 aromatic carbocycles. The van der Waals surface area contributed by atoms with E-state index in [1.807, 2.05) is 30.5 Å². The first kappa shape index (κ1) is 18.3. The van der Waals surface area contributed by atoms with E-state index in [0.717, 1.165) is 60.1 Å². The van der Waals surface area contributed by atoms with Gasteiger partial charge in [-0.05, 0) is 56.5 Å². The van der Waals surface area contributed by atoms with Gasteiger partial charge in [0.1, 0.15) is 5.82 Å². The van der Waals surface area contributed by atoms with Crippen molar-refractivity contribution in [2.75, 3.05) is 13.1 Å². The lowest BCUT2D eigenvalue weighted by atomic mass is 9.98. The number of aromatic nitrogens is 2. The van der Waals surface area contributed by atoms with Gasteiger partial charge < -0.3 is 5.32 Å². The van der Waals surface area contributed by atoms with Crippen LogP contribution in [0.4, 0.5) is 0 Å². The average molecular weight is 368 g/mol. The molecule has 3 aromatic rings. The number of benzene rings is 2. The molecule has 0 saturated carbocycles. The van der Waals surface area contributed by atoms with Gasteiger partial charge in [-0.2, -0.15) is 5.26 Å². The van der Waals surface area contributed by atoms with Crippen LogP contribution >= 0.6 is 0 Å². The second kappa shape index (κ2) is 8.33. The molecule has 1 atom stereocenters. The third kappa shape index (κ3) is 4.11. The molecule has 0 bridgehead atoms. The molecule has 4 heteroatoms. The zero-order valence-corrected chi connectivity index (χ0v) is 16.2. The van der Waals surface area contributed by atoms with Gasteiger partial charge in [-0.15, -0.1) is 0 Å². The lowest BCUT2D eigenvalue weighted by molar-refractivity contribution is 0.525. The van der Waals surface area contributed by atoms with Gasteiger partial charge in [-0.25, -0.2) is 9.97 Å². The highest BCUT2D eigenvalue weighted by Gasteiger charge is 2.16. The summed E-state index contributed by atoms with van der Waals surface area (Å²) in [7, 11) is 0. The van der Waals surface area contributed by atoms with Crippen molar-refractivity contribution in [1.82, 2.24) is 15.3 Å². The average Bonchev–Trinajstić information content (AvgIpc) is 3.27. The van der Waals surface area contributed by atoms with Gasteiger partial charge in [0.15, 0.2) is 0 Å². The molecule has 1 fully saturated rings. The Labute approximate surface area is 166 Å². The Bertz CT molecular complexity index is 979. The zero-order chi connectivity index (χ0) is 19.3. The van der Waals surface area contributed by atoms with Gasteiger partial charge in [0.25, 0.3) is 0 Å². The highest BCUT2D eigenvalue weighted by molar-refractivity contribution is 5.80. The SMILES string of the molecule is Cc1ccc(-c2cnc(CC[C@H]3CCNC3)nc2-c2ccc(C#N)cc2)cc1. The summed E-state index contributed by atoms with van der Waals surface area (Å²) in [4.78, 5) is 9.62. The largest absolute Gasteiger partial charge is 0.316 e. The van der Waals surface area contributed by atoms with Crippen LogP contribution in [0.3, 0.4) is 0 Å². The van der Waals surface area contributed by atoms with Crippen LogP contribution in [0.5, 0.6) is 0 Å². The lowest BCUT2D eigenvalue weighted by Gasteiger charge is -2.12. The molecule has 28 heavy (non-hydrogen) atoms. The summed E-state index contributed by atoms with van der Waals surface area (Å²) in [5.74, 6) is 1.61. The molecule has 0 radical (unpaired) electrons. The lowest BCUT2D eigenvalue weighted by Crippen LogP contribution is -2.10. The monoisotopic (exact) mass is 368 g/mol. The van der Waals surface area contributed by atoms with Crippen LogP contribution in [0.25, 0.3) is 22.4 Å². The first-order valence-corrected chi connectivity index (χ1v) is 9.87. The summed E-state index contributed by atoms with van der Waals surface area (Å²) in [5.41, 5.74) is 5.96. The Morgan fingerprint density at radius 3 is 2.50 bits per heavy atom. The maximum Gasteiger partial charge on any atom is 0.129 e. The Hall–Kier alpha value is -3.03. The Morgan fingerprint density at radius 1 is 1.07 bits per heavy atom. The standard InChI is InChI=1S/C24H24N4/c1-17-2-7-20(8-3-17)22-16-27-23(11-6-19-12-13-26-15-19)28-24(22)21-9-4-18(14-25)5-10-21/h2-5,7-10,16,19,26H,6,11-13,15H2,1H3/t19-/m0/s1. The van der Waals surface area contributed by atoms with E-state index in [1.54, 1.807) is 0 Å². The minimum atomic E-state index is 0.656. The van der Waals surface area contributed by atoms with Gasteiger partial charge in [-0.3, -0.25) is 0 Å². The topological polar surface area (TPSA) is 61.6 Å². The molecule has 1 saturated heterocycles. The van der Waals surface area contributed by atoms with E-state index in [1.165, 1.54) is 12.0 Å². The minimum absolute atomic E-state index is 0.656. The second-order valence-electron chi connectivity index (χ2n) is 7.50. The fourth-order valence-corrected chi connectivity index (χ4v) is 3.70. The van der Waals surface area contributed by atoms with Crippen molar-refractivity contribution in [1.29, 1.82) is 5.26 Å². The summed E-state index contributed by atoms with van der Waals surface area (Å²) in [5, 5.41) is 12.5. The highest BCUT2D eigenvalue weighted by Crippen LogP contribution is 2.31. The number of hydrogen-bond donors (Lipinski definition) is 1. The second-order valence-corrected chi connectivity index (χ2v) is 7.50. The van der Waals surface area contributed by atoms with Crippen molar-refractivity contribution in [3.63, 3.8) is 0 Å². The van der Waals surface area contributed by atoms with Gasteiger partial charge in [0.05, 0.1) is 17.3 Å². The molecule has 1 aromatic heterocycles. The molecule has 1 aliphatic heterocycles. The van der Waals surface area contributed by atoms with Crippen LogP contribution in [-0.2, 0) is 6.42 Å². The molecular formula is C24H24N4. The maximum absolute atomic E-state index is 9.09. The van der Waals surface area contributed by atoms with Gasteiger partial charge in [-0.1, -0.05) is 42.0 Å². The molecule has 2 heterocycles. The van der Waals surface area contributed by atoms with E-state index in [2.05, 4.69) is 47.6 Å². The normalized spacial score (nSPS) is 16.1. The molecule has 0 unspecified atom stereocenters. The van der Waals surface area contributed by atoms with E-state index < -0.39 is 0 Å². The van der Waals surface area contributed by atoms with Gasteiger partial charge in [0.2, 0.25) is 0 Å². The van der Waals surface area contributed by atoms with Crippen LogP contribution < -0.4 is 5.32 Å². The number of hydrogen-bond acceptors (Lipinski definition) is 4. The van der Waals surface area contributed by atoms with Crippen LogP contribution in [0.15, 0.2) is 54.7 Å². The zero-order valence-electron chi connectivity index (χ0n) is 16.2. The first-order valence-electron chi connectivity index (χ1n) is 9.87. The molecule has 0 spiro atoms. The third-order valence-electron chi connectivity index (χ3n) is 5.43. The summed E-state index contributed by atoms with van der Waals surface area (Å²) in [6.45, 7) is 4.31. The smallest absolute Gasteiger partial charge is 0.129 e. The molecule has 0 aliphatic carbocycles. The van der Waals surface area contributed by atoms with Crippen LogP contribution in [0, 0.1) is 24.2 Å². The van der Waals surface area contributed by atoms with Gasteiger partial charge >= 0.3 is 0 Å². The number of rotatable bonds is 5. The molecular weight excluding hydrogens is 344 g/mol. The fraction of sp³-hybridized carbons (Fsp3) is 0.292. The van der Waals surface area contributed by atoms with E-state index in [9.17, 15) is 0 Å². The van der Waals surface area contributed by atoms with Crippen molar-refractivity contribution in [3.05, 3.63) is 71.7 Å². The van der Waals surface area contributed by atoms with Crippen molar-refractivity contribution in [2.24, 2.45) is 5.92 Å². The van der Waals surface area contributed by atoms with Crippen LogP contribution in [-0.4, -0.2) is 23.1 Å². The Balaban J connectivity index is 1.69. The van der Waals surface area contributed by atoms with Gasteiger partial charge in [0, 0.05) is 23.7 Å². The quantitative estimate of drug-likeness (QED) is 0.718. The minimum Gasteiger partial charge on any atom is -0.316 e. The van der Waals surface area contributed by atoms with E-state index in [0.29, 0.717) is 5.56 Å². The summed E-state index contributed by atoms with van der Waals surface area (Å²) in [6.07, 6.45) is 5.20. The third-order valence-corrected chi connectivity index (χ3v) is 5.43. The predicted octanol–water partition coefficient (Wildman–Crippen LogP) is 4.53. The highest BCUT2D eigenvalue weighted by atomic mass is 14.9. The molecule has 1 N–H and O–H groups in total. The molecule has 1 aliphatic rings. The summed E-state index contributed by atoms with van der Waals surface area (Å²) < 4.78 is 0. The Kier molecular flexibility index (Phi) is 5.45. The summed E-state index contributed by atoms with van der Waals surface area (Å²) in [6, 6.07) is 18.3. The van der Waals surface area contributed by atoms with Crippen molar-refractivity contribution < 1.29 is 0 Å². The molecule has 0 amide bonds. The first-order chi connectivity index (χ1) is 13.7. The van der Waals surface area contributed by atoms with Crippen LogP contribution in [0.2, 0.25) is 0 Å². The molecule has 140 valence electrons.